The second kappa shape index (κ2) is 7.17. The molecular formula is C19H19F3N2O. The third-order valence-electron chi connectivity index (χ3n) is 4.30. The van der Waals surface area contributed by atoms with E-state index in [9.17, 15) is 18.0 Å². The van der Waals surface area contributed by atoms with Gasteiger partial charge >= 0.3 is 6.18 Å². The van der Waals surface area contributed by atoms with Crippen molar-refractivity contribution in [2.75, 3.05) is 11.9 Å². The molecule has 2 aromatic rings. The van der Waals surface area contributed by atoms with Gasteiger partial charge in [0.2, 0.25) is 5.91 Å². The van der Waals surface area contributed by atoms with Crippen LogP contribution in [0, 0.1) is 0 Å². The van der Waals surface area contributed by atoms with Gasteiger partial charge in [-0.25, -0.2) is 0 Å². The highest BCUT2D eigenvalue weighted by atomic mass is 19.4. The highest BCUT2D eigenvalue weighted by Crippen LogP contribution is 2.30. The number of rotatable bonds is 5. The summed E-state index contributed by atoms with van der Waals surface area (Å²) in [6.07, 6.45) is -1.03. The maximum absolute atomic E-state index is 12.7. The van der Waals surface area contributed by atoms with Crippen molar-refractivity contribution in [1.82, 2.24) is 5.32 Å². The van der Waals surface area contributed by atoms with Crippen molar-refractivity contribution in [1.29, 1.82) is 0 Å². The number of carbonyl (C=O) groups excluding carboxylic acids is 1. The monoisotopic (exact) mass is 348 g/mol. The van der Waals surface area contributed by atoms with Gasteiger partial charge in [-0.1, -0.05) is 24.3 Å². The summed E-state index contributed by atoms with van der Waals surface area (Å²) in [4.78, 5) is 11.9. The molecule has 2 aromatic carbocycles. The van der Waals surface area contributed by atoms with Crippen LogP contribution in [0.15, 0.2) is 42.5 Å². The molecule has 1 aliphatic carbocycles. The molecule has 0 unspecified atom stereocenters. The molecule has 0 atom stereocenters. The number of fused-ring (bicyclic) bond motifs is 1. The van der Waals surface area contributed by atoms with Gasteiger partial charge < -0.3 is 10.6 Å². The number of nitrogens with one attached hydrogen (secondary N) is 2. The van der Waals surface area contributed by atoms with E-state index in [0.29, 0.717) is 6.54 Å². The fourth-order valence-electron chi connectivity index (χ4n) is 2.99. The molecule has 0 heterocycles. The van der Waals surface area contributed by atoms with Crippen LogP contribution >= 0.6 is 0 Å². The topological polar surface area (TPSA) is 41.1 Å². The molecule has 3 rings (SSSR count). The van der Waals surface area contributed by atoms with Gasteiger partial charge in [0, 0.05) is 12.2 Å². The van der Waals surface area contributed by atoms with Crippen molar-refractivity contribution in [2.45, 2.75) is 32.0 Å². The number of hydrogen-bond acceptors (Lipinski definition) is 2. The van der Waals surface area contributed by atoms with Gasteiger partial charge in [-0.05, 0) is 54.2 Å². The summed E-state index contributed by atoms with van der Waals surface area (Å²) in [6, 6.07) is 11.0. The molecule has 0 bridgehead atoms. The lowest BCUT2D eigenvalue weighted by molar-refractivity contribution is -0.137. The highest BCUT2D eigenvalue weighted by molar-refractivity contribution is 5.80. The Morgan fingerprint density at radius 1 is 1.04 bits per heavy atom. The van der Waals surface area contributed by atoms with E-state index in [0.717, 1.165) is 30.5 Å². The summed E-state index contributed by atoms with van der Waals surface area (Å²) in [5.41, 5.74) is 3.28. The molecule has 0 aliphatic heterocycles. The van der Waals surface area contributed by atoms with E-state index in [1.54, 1.807) is 0 Å². The molecule has 0 saturated heterocycles. The third kappa shape index (κ3) is 4.53. The highest BCUT2D eigenvalue weighted by Gasteiger charge is 2.30. The number of halogens is 3. The standard InChI is InChI=1S/C19H19F3N2O/c20-19(21,22)16-5-2-6-17(10-16)23-12-18(25)24-11-13-7-8-14-3-1-4-15(14)9-13/h2,5-10,23H,1,3-4,11-12H2,(H,24,25). The lowest BCUT2D eigenvalue weighted by Gasteiger charge is -2.11. The van der Waals surface area contributed by atoms with Crippen LogP contribution in [0.5, 0.6) is 0 Å². The molecule has 1 amide bonds. The first-order chi connectivity index (χ1) is 11.9. The first-order valence-electron chi connectivity index (χ1n) is 8.20. The summed E-state index contributed by atoms with van der Waals surface area (Å²) < 4.78 is 38.0. The molecule has 0 spiro atoms. The van der Waals surface area contributed by atoms with Crippen molar-refractivity contribution in [3.05, 3.63) is 64.7 Å². The van der Waals surface area contributed by atoms with Crippen LogP contribution in [-0.2, 0) is 30.4 Å². The Labute approximate surface area is 144 Å². The van der Waals surface area contributed by atoms with Gasteiger partial charge in [0.05, 0.1) is 12.1 Å². The predicted molar refractivity (Wildman–Crippen MR) is 90.2 cm³/mol. The average molecular weight is 348 g/mol. The molecule has 1 aliphatic rings. The molecule has 0 aromatic heterocycles. The minimum Gasteiger partial charge on any atom is -0.376 e. The quantitative estimate of drug-likeness (QED) is 0.860. The van der Waals surface area contributed by atoms with Gasteiger partial charge in [0.25, 0.3) is 0 Å². The Bertz CT molecular complexity index is 772. The van der Waals surface area contributed by atoms with Crippen molar-refractivity contribution in [3.63, 3.8) is 0 Å². The predicted octanol–water partition coefficient (Wildman–Crippen LogP) is 3.92. The van der Waals surface area contributed by atoms with E-state index in [-0.39, 0.29) is 18.1 Å². The minimum atomic E-state index is -4.40. The number of amides is 1. The smallest absolute Gasteiger partial charge is 0.376 e. The van der Waals surface area contributed by atoms with E-state index in [1.807, 2.05) is 6.07 Å². The molecule has 0 saturated carbocycles. The zero-order chi connectivity index (χ0) is 17.9. The van der Waals surface area contributed by atoms with Crippen LogP contribution in [0.4, 0.5) is 18.9 Å². The molecule has 25 heavy (non-hydrogen) atoms. The fourth-order valence-corrected chi connectivity index (χ4v) is 2.99. The molecule has 2 N–H and O–H groups in total. The molecule has 0 fully saturated rings. The van der Waals surface area contributed by atoms with E-state index < -0.39 is 11.7 Å². The number of alkyl halides is 3. The Kier molecular flexibility index (Phi) is 4.97. The zero-order valence-corrected chi connectivity index (χ0v) is 13.6. The van der Waals surface area contributed by atoms with Crippen molar-refractivity contribution < 1.29 is 18.0 Å². The van der Waals surface area contributed by atoms with E-state index in [1.165, 1.54) is 29.7 Å². The number of aryl methyl sites for hydroxylation is 2. The van der Waals surface area contributed by atoms with E-state index in [4.69, 9.17) is 0 Å². The number of hydrogen-bond donors (Lipinski definition) is 2. The van der Waals surface area contributed by atoms with Crippen molar-refractivity contribution >= 4 is 11.6 Å². The Morgan fingerprint density at radius 3 is 2.64 bits per heavy atom. The molecular weight excluding hydrogens is 329 g/mol. The molecule has 6 heteroatoms. The van der Waals surface area contributed by atoms with Gasteiger partial charge in [-0.3, -0.25) is 4.79 Å². The van der Waals surface area contributed by atoms with Crippen LogP contribution in [0.1, 0.15) is 28.7 Å². The van der Waals surface area contributed by atoms with E-state index >= 15 is 0 Å². The van der Waals surface area contributed by atoms with Gasteiger partial charge in [0.1, 0.15) is 0 Å². The summed E-state index contributed by atoms with van der Waals surface area (Å²) in [6.45, 7) is 0.336. The lowest BCUT2D eigenvalue weighted by atomic mass is 10.1. The van der Waals surface area contributed by atoms with Crippen molar-refractivity contribution in [3.8, 4) is 0 Å². The number of anilines is 1. The zero-order valence-electron chi connectivity index (χ0n) is 13.6. The summed E-state index contributed by atoms with van der Waals surface area (Å²) in [5.74, 6) is -0.266. The van der Waals surface area contributed by atoms with Crippen LogP contribution < -0.4 is 10.6 Å². The Hall–Kier alpha value is -2.50. The van der Waals surface area contributed by atoms with Crippen LogP contribution in [0.2, 0.25) is 0 Å². The van der Waals surface area contributed by atoms with Crippen molar-refractivity contribution in [2.24, 2.45) is 0 Å². The second-order valence-electron chi connectivity index (χ2n) is 6.17. The fraction of sp³-hybridized carbons (Fsp3) is 0.316. The maximum atomic E-state index is 12.7. The molecule has 0 radical (unpaired) electrons. The van der Waals surface area contributed by atoms with E-state index in [2.05, 4.69) is 22.8 Å². The second-order valence-corrected chi connectivity index (χ2v) is 6.17. The molecule has 132 valence electrons. The molecule has 3 nitrogen and oxygen atoms in total. The normalized spacial score (nSPS) is 13.4. The lowest BCUT2D eigenvalue weighted by Crippen LogP contribution is -2.29. The summed E-state index contributed by atoms with van der Waals surface area (Å²) in [5, 5.41) is 5.50. The summed E-state index contributed by atoms with van der Waals surface area (Å²) in [7, 11) is 0. The summed E-state index contributed by atoms with van der Waals surface area (Å²) >= 11 is 0. The minimum absolute atomic E-state index is 0.0771. The number of benzene rings is 2. The first-order valence-corrected chi connectivity index (χ1v) is 8.20. The Morgan fingerprint density at radius 2 is 1.84 bits per heavy atom. The van der Waals surface area contributed by atoms with Gasteiger partial charge in [-0.15, -0.1) is 0 Å². The third-order valence-corrected chi connectivity index (χ3v) is 4.30. The average Bonchev–Trinajstić information content (AvgIpc) is 3.05. The maximum Gasteiger partial charge on any atom is 0.416 e. The van der Waals surface area contributed by atoms with Crippen LogP contribution in [-0.4, -0.2) is 12.5 Å². The van der Waals surface area contributed by atoms with Crippen LogP contribution in [0.25, 0.3) is 0 Å². The van der Waals surface area contributed by atoms with Gasteiger partial charge in [0.15, 0.2) is 0 Å². The number of carbonyl (C=O) groups is 1. The SMILES string of the molecule is O=C(CNc1cccc(C(F)(F)F)c1)NCc1ccc2c(c1)CCC2. The Balaban J connectivity index is 1.50. The largest absolute Gasteiger partial charge is 0.416 e. The van der Waals surface area contributed by atoms with Crippen LogP contribution in [0.3, 0.4) is 0 Å². The first kappa shape index (κ1) is 17.3. The van der Waals surface area contributed by atoms with Gasteiger partial charge in [-0.2, -0.15) is 13.2 Å².